The highest BCUT2D eigenvalue weighted by Crippen LogP contribution is 2.34. The number of unbranched alkanes of at least 4 members (excludes halogenated alkanes) is 1. The first-order chi connectivity index (χ1) is 20.3. The summed E-state index contributed by atoms with van der Waals surface area (Å²) in [6.45, 7) is 13.8. The molecule has 0 unspecified atom stereocenters. The number of methoxy groups -OCH3 is 1. The van der Waals surface area contributed by atoms with Crippen LogP contribution in [0.5, 0.6) is 5.75 Å². The van der Waals surface area contributed by atoms with Crippen LogP contribution in [-0.2, 0) is 31.1 Å². The number of carbonyl (C=O) groups excluding carboxylic acids is 2. The summed E-state index contributed by atoms with van der Waals surface area (Å²) >= 11 is 0.927. The van der Waals surface area contributed by atoms with Gasteiger partial charge in [0.15, 0.2) is 0 Å². The van der Waals surface area contributed by atoms with E-state index in [2.05, 4.69) is 6.58 Å². The number of halogens is 1. The molecule has 0 spiro atoms. The van der Waals surface area contributed by atoms with E-state index in [4.69, 9.17) is 18.9 Å². The lowest BCUT2D eigenvalue weighted by Gasteiger charge is -2.27. The maximum absolute atomic E-state index is 14.5. The van der Waals surface area contributed by atoms with Crippen molar-refractivity contribution in [2.24, 2.45) is 0 Å². The van der Waals surface area contributed by atoms with Gasteiger partial charge < -0.3 is 18.9 Å². The highest BCUT2D eigenvalue weighted by atomic mass is 32.1. The van der Waals surface area contributed by atoms with Crippen molar-refractivity contribution in [3.8, 4) is 5.75 Å². The minimum atomic E-state index is -1.71. The van der Waals surface area contributed by atoms with Gasteiger partial charge in [0.2, 0.25) is 0 Å². The molecule has 0 aliphatic heterocycles. The van der Waals surface area contributed by atoms with E-state index in [1.807, 2.05) is 6.92 Å². The minimum absolute atomic E-state index is 0.0759. The number of nitrogens with zero attached hydrogens (tertiary/aromatic N) is 2. The van der Waals surface area contributed by atoms with Gasteiger partial charge in [0, 0.05) is 5.56 Å². The lowest BCUT2D eigenvalue weighted by molar-refractivity contribution is -0.153. The minimum Gasteiger partial charge on any atom is -0.496 e. The number of esters is 2. The first kappa shape index (κ1) is 33.7. The average molecular weight is 619 g/mol. The number of fused-ring (bicyclic) bond motifs is 1. The Morgan fingerprint density at radius 1 is 1.16 bits per heavy atom. The summed E-state index contributed by atoms with van der Waals surface area (Å²) in [5, 5.41) is 0.0759. The number of rotatable bonds is 14. The van der Waals surface area contributed by atoms with Crippen molar-refractivity contribution in [2.45, 2.75) is 72.6 Å². The largest absolute Gasteiger partial charge is 0.496 e. The van der Waals surface area contributed by atoms with Gasteiger partial charge in [-0.3, -0.25) is 9.36 Å². The second-order valence-corrected chi connectivity index (χ2v) is 11.7. The SMILES string of the molecule is C=C(C)CO[C@@H](Cn1c(=O)n(C(C)(C)C(=O)OCCCC)c(=O)c2c(C)c(C(=O)OCC)sc21)c1cc(F)ccc1OC. The Morgan fingerprint density at radius 3 is 2.47 bits per heavy atom. The molecule has 0 bridgehead atoms. The van der Waals surface area contributed by atoms with E-state index in [1.165, 1.54) is 43.7 Å². The summed E-state index contributed by atoms with van der Waals surface area (Å²) in [4.78, 5) is 54.7. The molecular weight excluding hydrogens is 579 g/mol. The number of benzene rings is 1. The molecule has 0 saturated heterocycles. The Balaban J connectivity index is 2.37. The van der Waals surface area contributed by atoms with Gasteiger partial charge in [-0.15, -0.1) is 11.3 Å². The van der Waals surface area contributed by atoms with Crippen molar-refractivity contribution in [1.82, 2.24) is 9.13 Å². The van der Waals surface area contributed by atoms with Gasteiger partial charge >= 0.3 is 17.6 Å². The number of aryl methyl sites for hydroxylation is 1. The zero-order chi connectivity index (χ0) is 32.1. The lowest BCUT2D eigenvalue weighted by atomic mass is 10.0. The molecule has 0 aliphatic rings. The first-order valence-electron chi connectivity index (χ1n) is 14.0. The van der Waals surface area contributed by atoms with E-state index >= 15 is 0 Å². The second-order valence-electron chi connectivity index (χ2n) is 10.7. The number of aromatic nitrogens is 2. The Labute approximate surface area is 253 Å². The molecule has 43 heavy (non-hydrogen) atoms. The summed E-state index contributed by atoms with van der Waals surface area (Å²) in [5.74, 6) is -1.63. The van der Waals surface area contributed by atoms with E-state index < -0.39 is 40.6 Å². The molecule has 2 heterocycles. The van der Waals surface area contributed by atoms with Gasteiger partial charge in [-0.1, -0.05) is 25.5 Å². The standard InChI is InChI=1S/C31H39FN2O8S/c1-9-11-14-41-29(37)31(6,7)34-26(35)24-19(5)25(28(36)40-10-2)43-27(24)33(30(34)38)16-23(42-17-18(3)4)21-15-20(32)12-13-22(21)39-8/h12-13,15,23H,3,9-11,14,16-17H2,1-2,4-8H3/t23-/m0/s1. The number of thiophene rings is 1. The summed E-state index contributed by atoms with van der Waals surface area (Å²) in [6, 6.07) is 3.94. The van der Waals surface area contributed by atoms with Gasteiger partial charge in [-0.2, -0.15) is 0 Å². The van der Waals surface area contributed by atoms with Gasteiger partial charge in [0.25, 0.3) is 5.56 Å². The van der Waals surface area contributed by atoms with Crippen LogP contribution in [0.15, 0.2) is 39.9 Å². The molecule has 0 amide bonds. The number of ether oxygens (including phenoxy) is 4. The maximum Gasteiger partial charge on any atom is 0.348 e. The number of hydrogen-bond donors (Lipinski definition) is 0. The summed E-state index contributed by atoms with van der Waals surface area (Å²) < 4.78 is 38.8. The predicted octanol–water partition coefficient (Wildman–Crippen LogP) is 5.27. The third kappa shape index (κ3) is 7.07. The summed E-state index contributed by atoms with van der Waals surface area (Å²) in [6.07, 6.45) is 0.443. The van der Waals surface area contributed by atoms with Crippen LogP contribution in [0.4, 0.5) is 4.39 Å². The van der Waals surface area contributed by atoms with Crippen LogP contribution in [0, 0.1) is 12.7 Å². The van der Waals surface area contributed by atoms with Gasteiger partial charge in [0.05, 0.1) is 38.9 Å². The predicted molar refractivity (Wildman–Crippen MR) is 163 cm³/mol. The number of carbonyl (C=O) groups is 2. The quantitative estimate of drug-likeness (QED) is 0.136. The molecule has 0 N–H and O–H groups in total. The van der Waals surface area contributed by atoms with Crippen molar-refractivity contribution >= 4 is 33.5 Å². The third-order valence-corrected chi connectivity index (χ3v) is 8.18. The van der Waals surface area contributed by atoms with Crippen LogP contribution in [-0.4, -0.2) is 48.0 Å². The molecule has 12 heteroatoms. The van der Waals surface area contributed by atoms with E-state index in [9.17, 15) is 23.6 Å². The van der Waals surface area contributed by atoms with E-state index in [1.54, 1.807) is 20.8 Å². The van der Waals surface area contributed by atoms with Crippen molar-refractivity contribution < 1.29 is 32.9 Å². The van der Waals surface area contributed by atoms with E-state index in [0.717, 1.165) is 22.3 Å². The molecule has 0 saturated carbocycles. The molecule has 3 rings (SSSR count). The van der Waals surface area contributed by atoms with Crippen LogP contribution < -0.4 is 16.0 Å². The van der Waals surface area contributed by atoms with Gasteiger partial charge in [-0.25, -0.2) is 23.3 Å². The Morgan fingerprint density at radius 2 is 1.86 bits per heavy atom. The zero-order valence-corrected chi connectivity index (χ0v) is 26.5. The van der Waals surface area contributed by atoms with Gasteiger partial charge in [-0.05, 0) is 64.8 Å². The molecule has 0 fully saturated rings. The lowest BCUT2D eigenvalue weighted by Crippen LogP contribution is -2.53. The van der Waals surface area contributed by atoms with Crippen molar-refractivity contribution in [3.63, 3.8) is 0 Å². The second kappa shape index (κ2) is 14.1. The first-order valence-corrected chi connectivity index (χ1v) is 14.8. The zero-order valence-electron chi connectivity index (χ0n) is 25.7. The maximum atomic E-state index is 14.5. The average Bonchev–Trinajstić information content (AvgIpc) is 3.29. The fraction of sp³-hybridized carbons (Fsp3) is 0.484. The molecule has 1 aromatic carbocycles. The molecular formula is C31H39FN2O8S. The number of hydrogen-bond acceptors (Lipinski definition) is 9. The van der Waals surface area contributed by atoms with Crippen LogP contribution in [0.1, 0.15) is 74.4 Å². The third-order valence-electron chi connectivity index (χ3n) is 6.88. The van der Waals surface area contributed by atoms with Crippen LogP contribution >= 0.6 is 11.3 Å². The fourth-order valence-electron chi connectivity index (χ4n) is 4.58. The van der Waals surface area contributed by atoms with Crippen LogP contribution in [0.2, 0.25) is 0 Å². The monoisotopic (exact) mass is 618 g/mol. The molecule has 3 aromatic rings. The smallest absolute Gasteiger partial charge is 0.348 e. The molecule has 10 nitrogen and oxygen atoms in total. The van der Waals surface area contributed by atoms with E-state index in [0.29, 0.717) is 28.9 Å². The summed E-state index contributed by atoms with van der Waals surface area (Å²) in [7, 11) is 1.43. The highest BCUT2D eigenvalue weighted by molar-refractivity contribution is 7.20. The van der Waals surface area contributed by atoms with Crippen molar-refractivity contribution in [3.05, 3.63) is 73.0 Å². The molecule has 234 valence electrons. The Bertz CT molecular complexity index is 1640. The van der Waals surface area contributed by atoms with E-state index in [-0.39, 0.29) is 41.5 Å². The van der Waals surface area contributed by atoms with Crippen LogP contribution in [0.3, 0.4) is 0 Å². The van der Waals surface area contributed by atoms with Crippen LogP contribution in [0.25, 0.3) is 10.2 Å². The molecule has 0 radical (unpaired) electrons. The molecule has 2 aromatic heterocycles. The fourth-order valence-corrected chi connectivity index (χ4v) is 5.77. The Kier molecular flexibility index (Phi) is 11.1. The normalized spacial score (nSPS) is 12.3. The topological polar surface area (TPSA) is 115 Å². The summed E-state index contributed by atoms with van der Waals surface area (Å²) in [5.41, 5.74) is -1.98. The highest BCUT2D eigenvalue weighted by Gasteiger charge is 2.37. The Hall–Kier alpha value is -3.77. The van der Waals surface area contributed by atoms with Gasteiger partial charge in [0.1, 0.15) is 32.9 Å². The molecule has 1 atom stereocenters. The van der Waals surface area contributed by atoms with Crippen molar-refractivity contribution in [1.29, 1.82) is 0 Å². The van der Waals surface area contributed by atoms with Crippen molar-refractivity contribution in [2.75, 3.05) is 26.9 Å². The molecule has 0 aliphatic carbocycles.